The summed E-state index contributed by atoms with van der Waals surface area (Å²) in [5, 5.41) is 16.6. The molecule has 10 heavy (non-hydrogen) atoms. The number of aliphatic hydroxyl groups excluding tert-OH is 1. The third kappa shape index (κ3) is 3.42. The monoisotopic (exact) mass is 148 g/mol. The lowest BCUT2D eigenvalue weighted by atomic mass is 10.2. The van der Waals surface area contributed by atoms with E-state index in [1.54, 1.807) is 0 Å². The van der Waals surface area contributed by atoms with Crippen molar-refractivity contribution in [2.24, 2.45) is 0 Å². The molecule has 0 spiro atoms. The topological polar surface area (TPSA) is 66.8 Å². The molecule has 0 saturated heterocycles. The first-order chi connectivity index (χ1) is 4.72. The molecule has 2 N–H and O–H groups in total. The smallest absolute Gasteiger partial charge is 0.370 e. The van der Waals surface area contributed by atoms with Crippen molar-refractivity contribution in [3.05, 3.63) is 0 Å². The van der Waals surface area contributed by atoms with Crippen molar-refractivity contribution in [3.63, 3.8) is 0 Å². The molecule has 0 radical (unpaired) electrons. The second kappa shape index (κ2) is 5.20. The normalized spacial score (nSPS) is 12.7. The number of aliphatic hydroxyl groups is 1. The molecule has 1 unspecified atom stereocenters. The van der Waals surface area contributed by atoms with Gasteiger partial charge >= 0.3 is 5.97 Å². The van der Waals surface area contributed by atoms with Crippen molar-refractivity contribution >= 4 is 5.97 Å². The lowest BCUT2D eigenvalue weighted by Crippen LogP contribution is -2.21. The SMILES string of the molecule is CCCCC(O)C(=O)OO. The second-order valence-corrected chi connectivity index (χ2v) is 2.07. The van der Waals surface area contributed by atoms with Crippen LogP contribution in [0.2, 0.25) is 0 Å². The van der Waals surface area contributed by atoms with E-state index >= 15 is 0 Å². The second-order valence-electron chi connectivity index (χ2n) is 2.07. The first kappa shape index (κ1) is 9.39. The molecule has 1 atom stereocenters. The summed E-state index contributed by atoms with van der Waals surface area (Å²) in [6.07, 6.45) is 0.812. The Kier molecular flexibility index (Phi) is 4.88. The van der Waals surface area contributed by atoms with Gasteiger partial charge in [-0.05, 0) is 6.42 Å². The van der Waals surface area contributed by atoms with Gasteiger partial charge in [-0.25, -0.2) is 4.79 Å². The minimum Gasteiger partial charge on any atom is -0.381 e. The molecule has 0 fully saturated rings. The van der Waals surface area contributed by atoms with Gasteiger partial charge in [-0.2, -0.15) is 5.26 Å². The highest BCUT2D eigenvalue weighted by Gasteiger charge is 2.14. The van der Waals surface area contributed by atoms with Crippen molar-refractivity contribution in [1.29, 1.82) is 0 Å². The Bertz CT molecular complexity index is 102. The van der Waals surface area contributed by atoms with E-state index in [1.165, 1.54) is 0 Å². The molecular formula is C6H12O4. The molecule has 0 rings (SSSR count). The minimum absolute atomic E-state index is 0.343. The van der Waals surface area contributed by atoms with Gasteiger partial charge in [0.25, 0.3) is 0 Å². The van der Waals surface area contributed by atoms with Gasteiger partial charge in [0.2, 0.25) is 0 Å². The molecule has 0 aromatic heterocycles. The Balaban J connectivity index is 3.41. The molecule has 0 heterocycles. The van der Waals surface area contributed by atoms with Crippen LogP contribution in [0.1, 0.15) is 26.2 Å². The average Bonchev–Trinajstić information content (AvgIpc) is 1.98. The van der Waals surface area contributed by atoms with E-state index in [4.69, 9.17) is 10.4 Å². The van der Waals surface area contributed by atoms with Crippen LogP contribution in [0.4, 0.5) is 0 Å². The standard InChI is InChI=1S/C6H12O4/c1-2-3-4-5(7)6(8)10-9/h5,7,9H,2-4H2,1H3. The van der Waals surface area contributed by atoms with Gasteiger partial charge in [-0.1, -0.05) is 19.8 Å². The highest BCUT2D eigenvalue weighted by Crippen LogP contribution is 2.00. The summed E-state index contributed by atoms with van der Waals surface area (Å²) in [5.74, 6) is -0.978. The summed E-state index contributed by atoms with van der Waals surface area (Å²) in [6.45, 7) is 1.94. The molecule has 0 aromatic rings. The molecule has 0 bridgehead atoms. The Morgan fingerprint density at radius 2 is 2.30 bits per heavy atom. The van der Waals surface area contributed by atoms with Gasteiger partial charge in [0.1, 0.15) is 0 Å². The summed E-state index contributed by atoms with van der Waals surface area (Å²) in [7, 11) is 0. The van der Waals surface area contributed by atoms with E-state index in [9.17, 15) is 4.79 Å². The van der Waals surface area contributed by atoms with Gasteiger partial charge in [0.15, 0.2) is 6.10 Å². The summed E-state index contributed by atoms with van der Waals surface area (Å²) >= 11 is 0. The number of hydrogen-bond donors (Lipinski definition) is 2. The van der Waals surface area contributed by atoms with Crippen LogP contribution in [0.5, 0.6) is 0 Å². The van der Waals surface area contributed by atoms with Gasteiger partial charge in [0.05, 0.1) is 0 Å². The summed E-state index contributed by atoms with van der Waals surface area (Å²) in [6, 6.07) is 0. The van der Waals surface area contributed by atoms with Crippen LogP contribution in [-0.4, -0.2) is 22.4 Å². The van der Waals surface area contributed by atoms with E-state index < -0.39 is 12.1 Å². The maximum Gasteiger partial charge on any atom is 0.370 e. The molecule has 0 aromatic carbocycles. The van der Waals surface area contributed by atoms with Crippen LogP contribution in [0, 0.1) is 0 Å². The highest BCUT2D eigenvalue weighted by atomic mass is 17.1. The average molecular weight is 148 g/mol. The molecule has 60 valence electrons. The zero-order valence-corrected chi connectivity index (χ0v) is 5.91. The molecule has 0 saturated carbocycles. The lowest BCUT2D eigenvalue weighted by molar-refractivity contribution is -0.242. The maximum atomic E-state index is 10.3. The van der Waals surface area contributed by atoms with Crippen LogP contribution < -0.4 is 0 Å². The zero-order valence-electron chi connectivity index (χ0n) is 5.91. The molecule has 0 amide bonds. The lowest BCUT2D eigenvalue weighted by Gasteiger charge is -2.03. The third-order valence-corrected chi connectivity index (χ3v) is 1.19. The van der Waals surface area contributed by atoms with E-state index in [-0.39, 0.29) is 0 Å². The number of carbonyl (C=O) groups excluding carboxylic acids is 1. The minimum atomic E-state index is -1.18. The van der Waals surface area contributed by atoms with Crippen molar-refractivity contribution in [2.45, 2.75) is 32.3 Å². The quantitative estimate of drug-likeness (QED) is 0.451. The Morgan fingerprint density at radius 3 is 2.70 bits per heavy atom. The van der Waals surface area contributed by atoms with Crippen LogP contribution in [0.15, 0.2) is 0 Å². The van der Waals surface area contributed by atoms with Crippen molar-refractivity contribution in [1.82, 2.24) is 0 Å². The van der Waals surface area contributed by atoms with Crippen molar-refractivity contribution < 1.29 is 20.0 Å². The zero-order chi connectivity index (χ0) is 7.98. The first-order valence-electron chi connectivity index (χ1n) is 3.25. The van der Waals surface area contributed by atoms with Crippen molar-refractivity contribution in [3.8, 4) is 0 Å². The summed E-state index contributed by atoms with van der Waals surface area (Å²) < 4.78 is 0. The number of rotatable bonds is 4. The van der Waals surface area contributed by atoms with Gasteiger partial charge in [-0.15, -0.1) is 0 Å². The van der Waals surface area contributed by atoms with Crippen molar-refractivity contribution in [2.75, 3.05) is 0 Å². The van der Waals surface area contributed by atoms with E-state index in [1.807, 2.05) is 6.92 Å². The predicted molar refractivity (Wildman–Crippen MR) is 34.3 cm³/mol. The summed E-state index contributed by atoms with van der Waals surface area (Å²) in [4.78, 5) is 13.6. The summed E-state index contributed by atoms with van der Waals surface area (Å²) in [5.41, 5.74) is 0. The Labute approximate surface area is 59.4 Å². The molecule has 0 aliphatic rings. The fraction of sp³-hybridized carbons (Fsp3) is 0.833. The predicted octanol–water partition coefficient (Wildman–Crippen LogP) is 0.554. The molecule has 4 nitrogen and oxygen atoms in total. The van der Waals surface area contributed by atoms with E-state index in [2.05, 4.69) is 4.89 Å². The van der Waals surface area contributed by atoms with E-state index in [0.717, 1.165) is 12.8 Å². The van der Waals surface area contributed by atoms with Crippen LogP contribution in [-0.2, 0) is 9.68 Å². The van der Waals surface area contributed by atoms with Crippen LogP contribution in [0.25, 0.3) is 0 Å². The number of hydrogen-bond acceptors (Lipinski definition) is 4. The number of carbonyl (C=O) groups is 1. The van der Waals surface area contributed by atoms with E-state index in [0.29, 0.717) is 6.42 Å². The van der Waals surface area contributed by atoms with Gasteiger partial charge < -0.3 is 5.11 Å². The first-order valence-corrected chi connectivity index (χ1v) is 3.25. The fourth-order valence-electron chi connectivity index (χ4n) is 0.576. The fourth-order valence-corrected chi connectivity index (χ4v) is 0.576. The van der Waals surface area contributed by atoms with Crippen LogP contribution >= 0.6 is 0 Å². The van der Waals surface area contributed by atoms with Crippen LogP contribution in [0.3, 0.4) is 0 Å². The van der Waals surface area contributed by atoms with Gasteiger partial charge in [0, 0.05) is 0 Å². The highest BCUT2D eigenvalue weighted by molar-refractivity contribution is 5.73. The van der Waals surface area contributed by atoms with Gasteiger partial charge in [-0.3, -0.25) is 4.89 Å². The molecule has 0 aliphatic carbocycles. The third-order valence-electron chi connectivity index (χ3n) is 1.19. The maximum absolute atomic E-state index is 10.3. The largest absolute Gasteiger partial charge is 0.381 e. The molecular weight excluding hydrogens is 136 g/mol. The molecule has 4 heteroatoms. The Hall–Kier alpha value is -0.610. The Morgan fingerprint density at radius 1 is 1.70 bits per heavy atom. The number of unbranched alkanes of at least 4 members (excludes halogenated alkanes) is 1. The molecule has 0 aliphatic heterocycles.